The average Bonchev–Trinajstić information content (AvgIpc) is 1.98. The first-order valence-corrected chi connectivity index (χ1v) is 4.00. The van der Waals surface area contributed by atoms with Crippen molar-refractivity contribution in [3.05, 3.63) is 0 Å². The second kappa shape index (κ2) is 5.13. The third kappa shape index (κ3) is 3.98. The summed E-state index contributed by atoms with van der Waals surface area (Å²) >= 11 is 0. The second-order valence-electron chi connectivity index (χ2n) is 3.09. The molecule has 11 heavy (non-hydrogen) atoms. The fourth-order valence-electron chi connectivity index (χ4n) is 1.00. The number of amides is 1. The van der Waals surface area contributed by atoms with Crippen LogP contribution in [-0.2, 0) is 4.79 Å². The van der Waals surface area contributed by atoms with Crippen molar-refractivity contribution in [3.63, 3.8) is 0 Å². The minimum Gasteiger partial charge on any atom is -0.358 e. The van der Waals surface area contributed by atoms with Gasteiger partial charge in [-0.2, -0.15) is 0 Å². The molecule has 0 spiro atoms. The molecule has 0 aliphatic rings. The Morgan fingerprint density at radius 1 is 1.36 bits per heavy atom. The number of likely N-dealkylation sites (N-methyl/N-ethyl adjacent to an activating group) is 2. The Morgan fingerprint density at radius 2 is 1.91 bits per heavy atom. The molecule has 0 aliphatic heterocycles. The van der Waals surface area contributed by atoms with Gasteiger partial charge in [-0.1, -0.05) is 13.8 Å². The standard InChI is InChI=1S/C8H18N2O/c1-6(2)5-7(9-3)8(11)10-4/h6-7,9H,5H2,1-4H3,(H,10,11)/t7-/m1/s1. The highest BCUT2D eigenvalue weighted by atomic mass is 16.2. The van der Waals surface area contributed by atoms with Crippen LogP contribution in [0.4, 0.5) is 0 Å². The highest BCUT2D eigenvalue weighted by Crippen LogP contribution is 2.03. The Bertz CT molecular complexity index is 123. The Kier molecular flexibility index (Phi) is 4.86. The van der Waals surface area contributed by atoms with E-state index in [0.717, 1.165) is 6.42 Å². The molecule has 0 rings (SSSR count). The first kappa shape index (κ1) is 10.4. The topological polar surface area (TPSA) is 41.1 Å². The molecule has 0 bridgehead atoms. The molecule has 3 heteroatoms. The minimum absolute atomic E-state index is 0.0417. The molecule has 0 unspecified atom stereocenters. The SMILES string of the molecule is CNC(=O)[C@@H](CC(C)C)NC. The molecule has 0 saturated heterocycles. The van der Waals surface area contributed by atoms with Gasteiger partial charge in [-0.3, -0.25) is 4.79 Å². The summed E-state index contributed by atoms with van der Waals surface area (Å²) < 4.78 is 0. The number of nitrogens with one attached hydrogen (secondary N) is 2. The fourth-order valence-corrected chi connectivity index (χ4v) is 1.00. The van der Waals surface area contributed by atoms with Crippen molar-refractivity contribution in [2.45, 2.75) is 26.3 Å². The van der Waals surface area contributed by atoms with Crippen LogP contribution in [-0.4, -0.2) is 26.0 Å². The first-order chi connectivity index (χ1) is 5.11. The summed E-state index contributed by atoms with van der Waals surface area (Å²) in [6.45, 7) is 4.21. The summed E-state index contributed by atoms with van der Waals surface area (Å²) in [7, 11) is 3.47. The van der Waals surface area contributed by atoms with Crippen molar-refractivity contribution < 1.29 is 4.79 Å². The van der Waals surface area contributed by atoms with Crippen LogP contribution in [0, 0.1) is 5.92 Å². The van der Waals surface area contributed by atoms with Crippen LogP contribution in [0.2, 0.25) is 0 Å². The number of carbonyl (C=O) groups is 1. The van der Waals surface area contributed by atoms with Crippen LogP contribution < -0.4 is 10.6 Å². The van der Waals surface area contributed by atoms with Crippen molar-refractivity contribution in [2.24, 2.45) is 5.92 Å². The molecule has 66 valence electrons. The van der Waals surface area contributed by atoms with Gasteiger partial charge in [0.1, 0.15) is 0 Å². The van der Waals surface area contributed by atoms with Gasteiger partial charge in [0.05, 0.1) is 6.04 Å². The average molecular weight is 158 g/mol. The zero-order chi connectivity index (χ0) is 8.85. The Labute approximate surface area is 68.6 Å². The van der Waals surface area contributed by atoms with Gasteiger partial charge < -0.3 is 10.6 Å². The minimum atomic E-state index is -0.0417. The second-order valence-corrected chi connectivity index (χ2v) is 3.09. The van der Waals surface area contributed by atoms with E-state index in [9.17, 15) is 4.79 Å². The van der Waals surface area contributed by atoms with Gasteiger partial charge in [-0.25, -0.2) is 0 Å². The highest BCUT2D eigenvalue weighted by Gasteiger charge is 2.15. The van der Waals surface area contributed by atoms with E-state index < -0.39 is 0 Å². The van der Waals surface area contributed by atoms with Crippen LogP contribution in [0.1, 0.15) is 20.3 Å². The van der Waals surface area contributed by atoms with Gasteiger partial charge in [0.25, 0.3) is 0 Å². The maximum absolute atomic E-state index is 11.1. The van der Waals surface area contributed by atoms with Crippen molar-refractivity contribution in [3.8, 4) is 0 Å². The van der Waals surface area contributed by atoms with E-state index in [-0.39, 0.29) is 11.9 Å². The predicted octanol–water partition coefficient (Wildman–Crippen LogP) is 0.366. The quantitative estimate of drug-likeness (QED) is 0.620. The lowest BCUT2D eigenvalue weighted by Gasteiger charge is -2.15. The molecule has 1 amide bonds. The smallest absolute Gasteiger partial charge is 0.236 e. The Morgan fingerprint density at radius 3 is 2.18 bits per heavy atom. The molecule has 0 aromatic rings. The zero-order valence-corrected chi connectivity index (χ0v) is 7.77. The van der Waals surface area contributed by atoms with E-state index in [2.05, 4.69) is 24.5 Å². The zero-order valence-electron chi connectivity index (χ0n) is 7.77. The summed E-state index contributed by atoms with van der Waals surface area (Å²) in [6.07, 6.45) is 0.885. The summed E-state index contributed by atoms with van der Waals surface area (Å²) in [5.74, 6) is 0.617. The predicted molar refractivity (Wildman–Crippen MR) is 46.4 cm³/mol. The lowest BCUT2D eigenvalue weighted by molar-refractivity contribution is -0.122. The van der Waals surface area contributed by atoms with Crippen molar-refractivity contribution in [1.29, 1.82) is 0 Å². The van der Waals surface area contributed by atoms with Gasteiger partial charge in [0.15, 0.2) is 0 Å². The molecule has 0 aromatic carbocycles. The van der Waals surface area contributed by atoms with E-state index in [4.69, 9.17) is 0 Å². The molecular formula is C8H18N2O. The van der Waals surface area contributed by atoms with Crippen molar-refractivity contribution >= 4 is 5.91 Å². The number of rotatable bonds is 4. The summed E-state index contributed by atoms with van der Waals surface area (Å²) in [4.78, 5) is 11.1. The van der Waals surface area contributed by atoms with Crippen LogP contribution >= 0.6 is 0 Å². The summed E-state index contributed by atoms with van der Waals surface area (Å²) in [6, 6.07) is -0.0417. The van der Waals surface area contributed by atoms with E-state index in [0.29, 0.717) is 5.92 Å². The molecule has 0 aliphatic carbocycles. The Balaban J connectivity index is 3.84. The van der Waals surface area contributed by atoms with Crippen molar-refractivity contribution in [1.82, 2.24) is 10.6 Å². The third-order valence-corrected chi connectivity index (χ3v) is 1.62. The molecule has 0 fully saturated rings. The lowest BCUT2D eigenvalue weighted by Crippen LogP contribution is -2.41. The largest absolute Gasteiger partial charge is 0.358 e. The normalized spacial score (nSPS) is 13.2. The van der Waals surface area contributed by atoms with Crippen LogP contribution in [0.5, 0.6) is 0 Å². The van der Waals surface area contributed by atoms with Crippen LogP contribution in [0.3, 0.4) is 0 Å². The van der Waals surface area contributed by atoms with Gasteiger partial charge in [0, 0.05) is 7.05 Å². The number of hydrogen-bond acceptors (Lipinski definition) is 2. The van der Waals surface area contributed by atoms with Gasteiger partial charge in [-0.15, -0.1) is 0 Å². The van der Waals surface area contributed by atoms with E-state index in [1.807, 2.05) is 7.05 Å². The molecule has 2 N–H and O–H groups in total. The molecule has 0 radical (unpaired) electrons. The fraction of sp³-hybridized carbons (Fsp3) is 0.875. The van der Waals surface area contributed by atoms with Crippen LogP contribution in [0.15, 0.2) is 0 Å². The van der Waals surface area contributed by atoms with E-state index >= 15 is 0 Å². The van der Waals surface area contributed by atoms with Gasteiger partial charge in [0.2, 0.25) is 5.91 Å². The van der Waals surface area contributed by atoms with Crippen molar-refractivity contribution in [2.75, 3.05) is 14.1 Å². The van der Waals surface area contributed by atoms with Crippen LogP contribution in [0.25, 0.3) is 0 Å². The Hall–Kier alpha value is -0.570. The molecule has 0 aromatic heterocycles. The van der Waals surface area contributed by atoms with E-state index in [1.165, 1.54) is 0 Å². The maximum Gasteiger partial charge on any atom is 0.236 e. The van der Waals surface area contributed by atoms with E-state index in [1.54, 1.807) is 7.05 Å². The lowest BCUT2D eigenvalue weighted by atomic mass is 10.0. The molecule has 0 heterocycles. The number of hydrogen-bond donors (Lipinski definition) is 2. The maximum atomic E-state index is 11.1. The first-order valence-electron chi connectivity index (χ1n) is 4.00. The number of carbonyl (C=O) groups excluding carboxylic acids is 1. The third-order valence-electron chi connectivity index (χ3n) is 1.62. The van der Waals surface area contributed by atoms with Gasteiger partial charge >= 0.3 is 0 Å². The molecule has 0 saturated carbocycles. The molecular weight excluding hydrogens is 140 g/mol. The summed E-state index contributed by atoms with van der Waals surface area (Å²) in [5, 5.41) is 5.59. The summed E-state index contributed by atoms with van der Waals surface area (Å²) in [5.41, 5.74) is 0. The monoisotopic (exact) mass is 158 g/mol. The highest BCUT2D eigenvalue weighted by molar-refractivity contribution is 5.81. The molecule has 3 nitrogen and oxygen atoms in total. The molecule has 1 atom stereocenters. The van der Waals surface area contributed by atoms with Gasteiger partial charge in [-0.05, 0) is 19.4 Å².